The molecule has 0 bridgehead atoms. The van der Waals surface area contributed by atoms with Crippen LogP contribution in [0.4, 0.5) is 39.5 Å². The van der Waals surface area contributed by atoms with E-state index in [0.29, 0.717) is 0 Å². The number of nitrogens with one attached hydrogen (secondary N) is 1. The van der Waals surface area contributed by atoms with Crippen molar-refractivity contribution < 1.29 is 32.2 Å². The minimum atomic E-state index is -4.58. The van der Waals surface area contributed by atoms with Crippen LogP contribution in [-0.2, 0) is 0 Å². The molecule has 0 unspecified atom stereocenters. The number of anilines is 3. The van der Waals surface area contributed by atoms with E-state index in [-0.39, 0.29) is 47.5 Å². The molecule has 0 radical (unpaired) electrons. The first-order valence-electron chi connectivity index (χ1n) is 10.4. The lowest BCUT2D eigenvalue weighted by atomic mass is 10.1. The highest BCUT2D eigenvalue weighted by Gasteiger charge is 2.40. The van der Waals surface area contributed by atoms with Crippen molar-refractivity contribution in [3.63, 3.8) is 0 Å². The molecule has 1 aliphatic heterocycles. The second-order valence-corrected chi connectivity index (χ2v) is 8.09. The first kappa shape index (κ1) is 24.0. The first-order chi connectivity index (χ1) is 16.0. The van der Waals surface area contributed by atoms with Crippen molar-refractivity contribution in [1.82, 2.24) is 24.5 Å². The minimum Gasteiger partial charge on any atom is -0.387 e. The van der Waals surface area contributed by atoms with Crippen LogP contribution in [0, 0.1) is 0 Å². The van der Waals surface area contributed by atoms with E-state index in [1.165, 1.54) is 36.4 Å². The number of nitrogens with zero attached hydrogens (tertiary/aromatic N) is 6. The standard InChI is InChI=1S/C20H22F5N7O2/c1-9(33)18-28-13-6-27-16(5-14(13)32(18)10(2)20(23,24)25)29-15-3-4-26-19(30-15)31-7-11(21)17(34)12(22)8-31/h3-6,9-12,17,33-34H,7-8H2,1-2H3,(H,26,27,29,30)/t9-,10+,11-,12+,17-/m1/s1. The van der Waals surface area contributed by atoms with Crippen LogP contribution < -0.4 is 10.2 Å². The lowest BCUT2D eigenvalue weighted by Crippen LogP contribution is -2.52. The van der Waals surface area contributed by atoms with Crippen molar-refractivity contribution in [2.75, 3.05) is 23.3 Å². The van der Waals surface area contributed by atoms with Crippen molar-refractivity contribution in [1.29, 1.82) is 0 Å². The summed E-state index contributed by atoms with van der Waals surface area (Å²) in [5, 5.41) is 22.3. The molecular formula is C20H22F5N7O2. The molecule has 1 aliphatic rings. The van der Waals surface area contributed by atoms with E-state index in [0.717, 1.165) is 11.5 Å². The van der Waals surface area contributed by atoms with E-state index in [2.05, 4.69) is 25.3 Å². The number of hydrogen-bond donors (Lipinski definition) is 3. The number of imidazole rings is 1. The number of pyridine rings is 1. The number of aliphatic hydroxyl groups excluding tert-OH is 2. The van der Waals surface area contributed by atoms with Gasteiger partial charge in [0.1, 0.15) is 53.6 Å². The summed E-state index contributed by atoms with van der Waals surface area (Å²) in [5.41, 5.74) is 0.258. The van der Waals surface area contributed by atoms with Gasteiger partial charge in [-0.3, -0.25) is 0 Å². The lowest BCUT2D eigenvalue weighted by molar-refractivity contribution is -0.163. The smallest absolute Gasteiger partial charge is 0.387 e. The molecule has 0 spiro atoms. The summed E-state index contributed by atoms with van der Waals surface area (Å²) < 4.78 is 69.1. The quantitative estimate of drug-likeness (QED) is 0.471. The molecule has 4 rings (SSSR count). The van der Waals surface area contributed by atoms with Crippen LogP contribution in [0.3, 0.4) is 0 Å². The van der Waals surface area contributed by atoms with Gasteiger partial charge in [-0.25, -0.2) is 23.7 Å². The zero-order valence-corrected chi connectivity index (χ0v) is 18.1. The van der Waals surface area contributed by atoms with E-state index in [4.69, 9.17) is 0 Å². The van der Waals surface area contributed by atoms with Gasteiger partial charge in [0, 0.05) is 12.3 Å². The SMILES string of the molecule is C[C@H](n1c([C@@H](C)O)nc2cnc(Nc3ccnc(N4C[C@@H](F)[C@@H](O)[C@@H](F)C4)n3)cc21)C(F)(F)F. The number of aliphatic hydroxyl groups is 2. The Morgan fingerprint density at radius 3 is 2.38 bits per heavy atom. The summed E-state index contributed by atoms with van der Waals surface area (Å²) in [7, 11) is 0. The van der Waals surface area contributed by atoms with Gasteiger partial charge < -0.3 is 25.0 Å². The largest absolute Gasteiger partial charge is 0.408 e. The molecule has 0 aliphatic carbocycles. The zero-order valence-electron chi connectivity index (χ0n) is 18.1. The van der Waals surface area contributed by atoms with Crippen molar-refractivity contribution >= 4 is 28.6 Å². The van der Waals surface area contributed by atoms with Crippen LogP contribution in [0.15, 0.2) is 24.5 Å². The Morgan fingerprint density at radius 2 is 1.76 bits per heavy atom. The number of aromatic nitrogens is 5. The molecule has 1 fully saturated rings. The van der Waals surface area contributed by atoms with Gasteiger partial charge in [-0.05, 0) is 19.9 Å². The van der Waals surface area contributed by atoms with Gasteiger partial charge in [-0.1, -0.05) is 0 Å². The van der Waals surface area contributed by atoms with E-state index < -0.39 is 36.8 Å². The summed E-state index contributed by atoms with van der Waals surface area (Å²) in [6.07, 6.45) is -8.57. The Bertz CT molecular complexity index is 1160. The van der Waals surface area contributed by atoms with E-state index in [1.54, 1.807) is 0 Å². The molecule has 0 amide bonds. The number of rotatable bonds is 5. The van der Waals surface area contributed by atoms with Gasteiger partial charge in [0.05, 0.1) is 24.8 Å². The molecule has 184 valence electrons. The number of piperidine rings is 1. The third-order valence-corrected chi connectivity index (χ3v) is 5.55. The number of fused-ring (bicyclic) bond motifs is 1. The van der Waals surface area contributed by atoms with Crippen molar-refractivity contribution in [2.24, 2.45) is 0 Å². The van der Waals surface area contributed by atoms with Gasteiger partial charge in [-0.15, -0.1) is 0 Å². The lowest BCUT2D eigenvalue weighted by Gasteiger charge is -2.34. The normalized spacial score (nSPS) is 23.2. The van der Waals surface area contributed by atoms with Crippen LogP contribution in [0.25, 0.3) is 11.0 Å². The second kappa shape index (κ2) is 8.91. The molecular weight excluding hydrogens is 465 g/mol. The summed E-state index contributed by atoms with van der Waals surface area (Å²) in [5.74, 6) is 0.164. The van der Waals surface area contributed by atoms with E-state index >= 15 is 0 Å². The average Bonchev–Trinajstić information content (AvgIpc) is 3.15. The molecule has 5 atom stereocenters. The fourth-order valence-corrected chi connectivity index (χ4v) is 3.74. The summed E-state index contributed by atoms with van der Waals surface area (Å²) in [6, 6.07) is 0.829. The maximum absolute atomic E-state index is 13.9. The zero-order chi connectivity index (χ0) is 24.8. The molecule has 3 aromatic heterocycles. The third kappa shape index (κ3) is 4.59. The molecule has 34 heavy (non-hydrogen) atoms. The molecule has 14 heteroatoms. The Balaban J connectivity index is 1.65. The fraction of sp³-hybridized carbons (Fsp3) is 0.500. The molecule has 3 N–H and O–H groups in total. The number of halogens is 5. The van der Waals surface area contributed by atoms with Crippen molar-refractivity contribution in [3.8, 4) is 0 Å². The molecule has 3 aromatic rings. The minimum absolute atomic E-state index is 0.00963. The van der Waals surface area contributed by atoms with Crippen LogP contribution in [-0.4, -0.2) is 72.4 Å². The second-order valence-electron chi connectivity index (χ2n) is 8.09. The Hall–Kier alpha value is -3.13. The van der Waals surface area contributed by atoms with Crippen LogP contribution in [0.1, 0.15) is 31.8 Å². The van der Waals surface area contributed by atoms with Crippen LogP contribution in [0.5, 0.6) is 0 Å². The van der Waals surface area contributed by atoms with Gasteiger partial charge in [0.25, 0.3) is 0 Å². The average molecular weight is 487 g/mol. The van der Waals surface area contributed by atoms with E-state index in [9.17, 15) is 32.2 Å². The summed E-state index contributed by atoms with van der Waals surface area (Å²) in [6.45, 7) is 1.68. The Morgan fingerprint density at radius 1 is 1.09 bits per heavy atom. The fourth-order valence-electron chi connectivity index (χ4n) is 3.74. The van der Waals surface area contributed by atoms with Gasteiger partial charge in [0.2, 0.25) is 5.95 Å². The van der Waals surface area contributed by atoms with Crippen LogP contribution in [0.2, 0.25) is 0 Å². The van der Waals surface area contributed by atoms with Crippen molar-refractivity contribution in [2.45, 2.75) is 50.6 Å². The van der Waals surface area contributed by atoms with E-state index in [1.807, 2.05) is 0 Å². The van der Waals surface area contributed by atoms with Gasteiger partial charge in [-0.2, -0.15) is 18.2 Å². The Labute approximate surface area is 190 Å². The molecule has 0 aromatic carbocycles. The van der Waals surface area contributed by atoms with Gasteiger partial charge >= 0.3 is 6.18 Å². The third-order valence-electron chi connectivity index (χ3n) is 5.55. The van der Waals surface area contributed by atoms with Crippen molar-refractivity contribution in [3.05, 3.63) is 30.4 Å². The molecule has 0 saturated carbocycles. The number of alkyl halides is 5. The number of hydrogen-bond acceptors (Lipinski definition) is 8. The Kier molecular flexibility index (Phi) is 6.29. The van der Waals surface area contributed by atoms with Gasteiger partial charge in [0.15, 0.2) is 0 Å². The summed E-state index contributed by atoms with van der Waals surface area (Å²) in [4.78, 5) is 17.7. The predicted molar refractivity (Wildman–Crippen MR) is 112 cm³/mol. The highest BCUT2D eigenvalue weighted by atomic mass is 19.4. The first-order valence-corrected chi connectivity index (χ1v) is 10.4. The molecule has 4 heterocycles. The highest BCUT2D eigenvalue weighted by Crippen LogP contribution is 2.36. The topological polar surface area (TPSA) is 112 Å². The monoisotopic (exact) mass is 487 g/mol. The van der Waals surface area contributed by atoms with Crippen LogP contribution >= 0.6 is 0 Å². The highest BCUT2D eigenvalue weighted by molar-refractivity contribution is 5.79. The molecule has 1 saturated heterocycles. The molecule has 9 nitrogen and oxygen atoms in total. The maximum Gasteiger partial charge on any atom is 0.408 e. The predicted octanol–water partition coefficient (Wildman–Crippen LogP) is 3.00. The summed E-state index contributed by atoms with van der Waals surface area (Å²) >= 11 is 0. The maximum atomic E-state index is 13.9.